The number of alkyl halides is 1. The molecule has 2 nitrogen and oxygen atoms in total. The summed E-state index contributed by atoms with van der Waals surface area (Å²) in [5, 5.41) is 0.582. The van der Waals surface area contributed by atoms with E-state index in [9.17, 15) is 9.18 Å². The minimum Gasteiger partial charge on any atom is -0.367 e. The molecule has 0 aliphatic carbocycles. The normalized spacial score (nSPS) is 12.5. The Bertz CT molecular complexity index is 299. The molecule has 0 heterocycles. The second kappa shape index (κ2) is 4.23. The van der Waals surface area contributed by atoms with Crippen molar-refractivity contribution < 1.29 is 9.18 Å². The summed E-state index contributed by atoms with van der Waals surface area (Å²) in [6.45, 7) is 0. The lowest BCUT2D eigenvalue weighted by molar-refractivity contribution is -0.122. The molecule has 0 fully saturated rings. The van der Waals surface area contributed by atoms with Gasteiger partial charge in [-0.15, -0.1) is 0 Å². The van der Waals surface area contributed by atoms with Crippen LogP contribution in [0.25, 0.3) is 0 Å². The van der Waals surface area contributed by atoms with E-state index in [1.54, 1.807) is 24.3 Å². The number of benzene rings is 1. The summed E-state index contributed by atoms with van der Waals surface area (Å²) >= 11 is 5.63. The number of nitrogens with two attached hydrogens (primary N) is 1. The van der Waals surface area contributed by atoms with E-state index in [0.29, 0.717) is 10.6 Å². The highest BCUT2D eigenvalue weighted by Gasteiger charge is 2.13. The molecule has 0 saturated heterocycles. The molecular formula is C9H9ClFNO. The smallest absolute Gasteiger partial charge is 0.252 e. The molecule has 1 rings (SSSR count). The van der Waals surface area contributed by atoms with Crippen LogP contribution in [0.4, 0.5) is 4.39 Å². The number of amides is 1. The molecule has 0 aliphatic rings. The summed E-state index contributed by atoms with van der Waals surface area (Å²) in [4.78, 5) is 10.4. The van der Waals surface area contributed by atoms with Crippen LogP contribution in [0.15, 0.2) is 24.3 Å². The van der Waals surface area contributed by atoms with Crippen molar-refractivity contribution in [3.05, 3.63) is 34.9 Å². The fraction of sp³-hybridized carbons (Fsp3) is 0.222. The summed E-state index contributed by atoms with van der Waals surface area (Å²) in [6.07, 6.45) is -1.62. The van der Waals surface area contributed by atoms with Crippen LogP contribution in [0.5, 0.6) is 0 Å². The molecule has 0 saturated carbocycles. The van der Waals surface area contributed by atoms with Crippen LogP contribution >= 0.6 is 11.6 Å². The standard InChI is InChI=1S/C9H9ClFNO/c10-7-3-1-6(2-4-7)5-8(11)9(12)13/h1-4,8H,5H2,(H2,12,13). The van der Waals surface area contributed by atoms with E-state index in [1.807, 2.05) is 0 Å². The van der Waals surface area contributed by atoms with Crippen molar-refractivity contribution in [2.45, 2.75) is 12.6 Å². The Morgan fingerprint density at radius 1 is 1.46 bits per heavy atom. The third kappa shape index (κ3) is 3.03. The maximum atomic E-state index is 12.8. The van der Waals surface area contributed by atoms with E-state index in [1.165, 1.54) is 0 Å². The molecule has 1 aromatic rings. The number of halogens is 2. The Morgan fingerprint density at radius 2 is 2.00 bits per heavy atom. The lowest BCUT2D eigenvalue weighted by atomic mass is 10.1. The topological polar surface area (TPSA) is 43.1 Å². The zero-order valence-corrected chi connectivity index (χ0v) is 7.59. The average Bonchev–Trinajstić information content (AvgIpc) is 2.08. The van der Waals surface area contributed by atoms with Gasteiger partial charge in [-0.25, -0.2) is 4.39 Å². The first kappa shape index (κ1) is 9.99. The molecular weight excluding hydrogens is 193 g/mol. The van der Waals surface area contributed by atoms with E-state index in [4.69, 9.17) is 17.3 Å². The van der Waals surface area contributed by atoms with E-state index in [-0.39, 0.29) is 6.42 Å². The van der Waals surface area contributed by atoms with Crippen LogP contribution in [0.1, 0.15) is 5.56 Å². The number of primary amides is 1. The SMILES string of the molecule is NC(=O)C(F)Cc1ccc(Cl)cc1. The highest BCUT2D eigenvalue weighted by Crippen LogP contribution is 2.11. The zero-order chi connectivity index (χ0) is 9.84. The summed E-state index contributed by atoms with van der Waals surface area (Å²) in [5.41, 5.74) is 5.48. The largest absolute Gasteiger partial charge is 0.367 e. The Morgan fingerprint density at radius 3 is 2.46 bits per heavy atom. The highest BCUT2D eigenvalue weighted by atomic mass is 35.5. The molecule has 2 N–H and O–H groups in total. The van der Waals surface area contributed by atoms with Gasteiger partial charge in [-0.05, 0) is 17.7 Å². The van der Waals surface area contributed by atoms with Crippen molar-refractivity contribution >= 4 is 17.5 Å². The number of rotatable bonds is 3. The maximum absolute atomic E-state index is 12.8. The van der Waals surface area contributed by atoms with Gasteiger partial charge in [-0.3, -0.25) is 4.79 Å². The Kier molecular flexibility index (Phi) is 3.25. The van der Waals surface area contributed by atoms with Crippen LogP contribution in [-0.4, -0.2) is 12.1 Å². The molecule has 0 spiro atoms. The van der Waals surface area contributed by atoms with Gasteiger partial charge in [-0.2, -0.15) is 0 Å². The van der Waals surface area contributed by atoms with E-state index in [2.05, 4.69) is 0 Å². The van der Waals surface area contributed by atoms with Gasteiger partial charge in [-0.1, -0.05) is 23.7 Å². The van der Waals surface area contributed by atoms with Crippen molar-refractivity contribution in [2.75, 3.05) is 0 Å². The molecule has 1 atom stereocenters. The van der Waals surface area contributed by atoms with E-state index < -0.39 is 12.1 Å². The van der Waals surface area contributed by atoms with Gasteiger partial charge in [0.1, 0.15) is 0 Å². The lowest BCUT2D eigenvalue weighted by Gasteiger charge is -2.03. The van der Waals surface area contributed by atoms with Crippen molar-refractivity contribution in [3.8, 4) is 0 Å². The summed E-state index contributed by atoms with van der Waals surface area (Å²) in [7, 11) is 0. The fourth-order valence-electron chi connectivity index (χ4n) is 0.928. The number of hydrogen-bond donors (Lipinski definition) is 1. The molecule has 0 aromatic heterocycles. The molecule has 0 bridgehead atoms. The van der Waals surface area contributed by atoms with Gasteiger partial charge >= 0.3 is 0 Å². The van der Waals surface area contributed by atoms with Crippen LogP contribution in [0.2, 0.25) is 5.02 Å². The molecule has 1 aromatic carbocycles. The molecule has 70 valence electrons. The van der Waals surface area contributed by atoms with Crippen molar-refractivity contribution in [2.24, 2.45) is 5.73 Å². The minimum absolute atomic E-state index is 0.00645. The van der Waals surface area contributed by atoms with Crippen LogP contribution in [0.3, 0.4) is 0 Å². The van der Waals surface area contributed by atoms with Crippen LogP contribution in [0, 0.1) is 0 Å². The molecule has 1 amide bonds. The number of carbonyl (C=O) groups is 1. The van der Waals surface area contributed by atoms with Crippen molar-refractivity contribution in [1.29, 1.82) is 0 Å². The van der Waals surface area contributed by atoms with Gasteiger partial charge in [0, 0.05) is 11.4 Å². The maximum Gasteiger partial charge on any atom is 0.252 e. The third-order valence-electron chi connectivity index (χ3n) is 1.64. The Labute approximate surface area is 80.5 Å². The minimum atomic E-state index is -1.62. The molecule has 0 radical (unpaired) electrons. The predicted octanol–water partition coefficient (Wildman–Crippen LogP) is 1.71. The number of hydrogen-bond acceptors (Lipinski definition) is 1. The number of carbonyl (C=O) groups excluding carboxylic acids is 1. The quantitative estimate of drug-likeness (QED) is 0.795. The predicted molar refractivity (Wildman–Crippen MR) is 49.2 cm³/mol. The molecule has 4 heteroatoms. The second-order valence-corrected chi connectivity index (χ2v) is 3.14. The molecule has 0 aliphatic heterocycles. The summed E-state index contributed by atoms with van der Waals surface area (Å²) in [6, 6.07) is 6.62. The Balaban J connectivity index is 2.64. The van der Waals surface area contributed by atoms with Gasteiger partial charge in [0.25, 0.3) is 5.91 Å². The van der Waals surface area contributed by atoms with Gasteiger partial charge in [0.2, 0.25) is 0 Å². The first-order valence-corrected chi connectivity index (χ1v) is 4.15. The first-order valence-electron chi connectivity index (χ1n) is 3.77. The molecule has 13 heavy (non-hydrogen) atoms. The average molecular weight is 202 g/mol. The molecule has 1 unspecified atom stereocenters. The van der Waals surface area contributed by atoms with Crippen LogP contribution < -0.4 is 5.73 Å². The lowest BCUT2D eigenvalue weighted by Crippen LogP contribution is -2.26. The second-order valence-electron chi connectivity index (χ2n) is 2.70. The van der Waals surface area contributed by atoms with Gasteiger partial charge in [0.05, 0.1) is 0 Å². The summed E-state index contributed by atoms with van der Waals surface area (Å²) < 4.78 is 12.8. The fourth-order valence-corrected chi connectivity index (χ4v) is 1.05. The summed E-state index contributed by atoms with van der Waals surface area (Å²) in [5.74, 6) is -0.935. The van der Waals surface area contributed by atoms with Crippen LogP contribution in [-0.2, 0) is 11.2 Å². The van der Waals surface area contributed by atoms with E-state index in [0.717, 1.165) is 0 Å². The zero-order valence-electron chi connectivity index (χ0n) is 6.84. The monoisotopic (exact) mass is 201 g/mol. The van der Waals surface area contributed by atoms with E-state index >= 15 is 0 Å². The van der Waals surface area contributed by atoms with Gasteiger partial charge in [0.15, 0.2) is 6.17 Å². The Hall–Kier alpha value is -1.09. The van der Waals surface area contributed by atoms with Crippen molar-refractivity contribution in [1.82, 2.24) is 0 Å². The van der Waals surface area contributed by atoms with Crippen molar-refractivity contribution in [3.63, 3.8) is 0 Å². The highest BCUT2D eigenvalue weighted by molar-refractivity contribution is 6.30. The third-order valence-corrected chi connectivity index (χ3v) is 1.89. The van der Waals surface area contributed by atoms with Gasteiger partial charge < -0.3 is 5.73 Å². The first-order chi connectivity index (χ1) is 6.09.